The van der Waals surface area contributed by atoms with Gasteiger partial charge in [0.05, 0.1) is 11.8 Å². The van der Waals surface area contributed by atoms with Crippen molar-refractivity contribution < 1.29 is 14.3 Å². The Bertz CT molecular complexity index is 321. The van der Waals surface area contributed by atoms with Crippen LogP contribution in [-0.4, -0.2) is 11.4 Å². The topological polar surface area (TPSA) is 50.4 Å². The maximum absolute atomic E-state index is 10.7. The van der Waals surface area contributed by atoms with Crippen LogP contribution < -0.4 is 0 Å². The molecule has 1 aliphatic carbocycles. The van der Waals surface area contributed by atoms with Crippen LogP contribution in [0.3, 0.4) is 0 Å². The number of hydrogen-bond acceptors (Lipinski definition) is 3. The summed E-state index contributed by atoms with van der Waals surface area (Å²) in [5, 5.41) is 10.3. The maximum atomic E-state index is 10.7. The predicted octanol–water partition coefficient (Wildman–Crippen LogP) is 2.24. The Morgan fingerprint density at radius 3 is 2.71 bits per heavy atom. The van der Waals surface area contributed by atoms with E-state index < -0.39 is 5.60 Å². The van der Waals surface area contributed by atoms with Crippen molar-refractivity contribution in [3.63, 3.8) is 0 Å². The second kappa shape index (κ2) is 3.58. The monoisotopic (exact) mass is 194 g/mol. The summed E-state index contributed by atoms with van der Waals surface area (Å²) in [6.07, 6.45) is 6.74. The fraction of sp³-hybridized carbons (Fsp3) is 0.545. The lowest BCUT2D eigenvalue weighted by molar-refractivity contribution is -0.0203. The fourth-order valence-corrected chi connectivity index (χ4v) is 2.15. The molecule has 0 radical (unpaired) electrons. The molecule has 0 aromatic carbocycles. The van der Waals surface area contributed by atoms with Crippen molar-refractivity contribution in [2.75, 3.05) is 0 Å². The highest BCUT2D eigenvalue weighted by molar-refractivity contribution is 5.76. The van der Waals surface area contributed by atoms with E-state index in [1.54, 1.807) is 6.07 Å². The number of carbonyl (C=O) groups is 1. The lowest BCUT2D eigenvalue weighted by Gasteiger charge is -2.30. The van der Waals surface area contributed by atoms with Gasteiger partial charge in [-0.05, 0) is 18.9 Å². The van der Waals surface area contributed by atoms with E-state index in [1.165, 1.54) is 6.26 Å². The van der Waals surface area contributed by atoms with Crippen LogP contribution >= 0.6 is 0 Å². The van der Waals surface area contributed by atoms with Gasteiger partial charge in [0.2, 0.25) is 0 Å². The molecule has 1 heterocycles. The van der Waals surface area contributed by atoms with E-state index in [4.69, 9.17) is 4.42 Å². The third-order valence-electron chi connectivity index (χ3n) is 2.93. The largest absolute Gasteiger partial charge is 0.466 e. The quantitative estimate of drug-likeness (QED) is 0.734. The van der Waals surface area contributed by atoms with Crippen LogP contribution in [0.4, 0.5) is 0 Å². The third-order valence-corrected chi connectivity index (χ3v) is 2.93. The number of aldehydes is 1. The first-order valence-electron chi connectivity index (χ1n) is 5.02. The summed E-state index contributed by atoms with van der Waals surface area (Å²) < 4.78 is 5.22. The molecule has 0 aliphatic heterocycles. The minimum absolute atomic E-state index is 0.451. The summed E-state index contributed by atoms with van der Waals surface area (Å²) in [5.41, 5.74) is -0.424. The summed E-state index contributed by atoms with van der Waals surface area (Å²) >= 11 is 0. The average Bonchev–Trinajstić information content (AvgIpc) is 2.67. The maximum Gasteiger partial charge on any atom is 0.153 e. The van der Waals surface area contributed by atoms with Gasteiger partial charge in [-0.2, -0.15) is 0 Å². The first-order valence-corrected chi connectivity index (χ1v) is 5.02. The van der Waals surface area contributed by atoms with Gasteiger partial charge in [0, 0.05) is 0 Å². The zero-order valence-electron chi connectivity index (χ0n) is 8.03. The molecule has 0 atom stereocenters. The van der Waals surface area contributed by atoms with Crippen molar-refractivity contribution in [2.45, 2.75) is 37.7 Å². The van der Waals surface area contributed by atoms with Gasteiger partial charge in [0.15, 0.2) is 6.29 Å². The predicted molar refractivity (Wildman–Crippen MR) is 51.1 cm³/mol. The van der Waals surface area contributed by atoms with Crippen LogP contribution in [0, 0.1) is 0 Å². The van der Waals surface area contributed by atoms with Gasteiger partial charge >= 0.3 is 0 Å². The molecule has 1 saturated carbocycles. The standard InChI is InChI=1S/C11H14O3/c12-8-9-4-7-14-10(9)11(13)5-2-1-3-6-11/h4,7-8,13H,1-3,5-6H2. The highest BCUT2D eigenvalue weighted by Gasteiger charge is 2.35. The molecule has 1 aromatic rings. The van der Waals surface area contributed by atoms with E-state index in [2.05, 4.69) is 0 Å². The van der Waals surface area contributed by atoms with Gasteiger partial charge in [-0.25, -0.2) is 0 Å². The Balaban J connectivity index is 2.31. The Morgan fingerprint density at radius 2 is 2.07 bits per heavy atom. The lowest BCUT2D eigenvalue weighted by Crippen LogP contribution is -2.28. The van der Waals surface area contributed by atoms with Crippen LogP contribution in [0.25, 0.3) is 0 Å². The SMILES string of the molecule is O=Cc1ccoc1C1(O)CCCCC1. The lowest BCUT2D eigenvalue weighted by atomic mass is 9.82. The van der Waals surface area contributed by atoms with Crippen molar-refractivity contribution in [1.29, 1.82) is 0 Å². The minimum Gasteiger partial charge on any atom is -0.466 e. The van der Waals surface area contributed by atoms with Crippen LogP contribution in [0.15, 0.2) is 16.7 Å². The molecule has 3 heteroatoms. The normalized spacial score (nSPS) is 20.6. The Labute approximate surface area is 82.7 Å². The van der Waals surface area contributed by atoms with E-state index in [9.17, 15) is 9.90 Å². The second-order valence-electron chi connectivity index (χ2n) is 3.92. The molecule has 3 nitrogen and oxygen atoms in total. The summed E-state index contributed by atoms with van der Waals surface area (Å²) in [6.45, 7) is 0. The molecule has 76 valence electrons. The zero-order valence-corrected chi connectivity index (χ0v) is 8.03. The van der Waals surface area contributed by atoms with Crippen molar-refractivity contribution in [1.82, 2.24) is 0 Å². The Morgan fingerprint density at radius 1 is 1.36 bits per heavy atom. The summed E-state index contributed by atoms with van der Waals surface area (Å²) in [5.74, 6) is 0.451. The molecule has 2 rings (SSSR count). The number of hydrogen-bond donors (Lipinski definition) is 1. The van der Waals surface area contributed by atoms with Crippen LogP contribution in [0.2, 0.25) is 0 Å². The highest BCUT2D eigenvalue weighted by atomic mass is 16.4. The van der Waals surface area contributed by atoms with Crippen LogP contribution in [0.5, 0.6) is 0 Å². The van der Waals surface area contributed by atoms with Gasteiger partial charge in [-0.1, -0.05) is 19.3 Å². The number of furan rings is 1. The summed E-state index contributed by atoms with van der Waals surface area (Å²) in [6, 6.07) is 1.61. The van der Waals surface area contributed by atoms with Gasteiger partial charge in [0.25, 0.3) is 0 Å². The van der Waals surface area contributed by atoms with Crippen molar-refractivity contribution >= 4 is 6.29 Å². The Kier molecular flexibility index (Phi) is 2.42. The van der Waals surface area contributed by atoms with Crippen molar-refractivity contribution in [2.24, 2.45) is 0 Å². The second-order valence-corrected chi connectivity index (χ2v) is 3.92. The molecule has 1 aromatic heterocycles. The summed E-state index contributed by atoms with van der Waals surface area (Å²) in [4.78, 5) is 10.7. The molecular weight excluding hydrogens is 180 g/mol. The molecule has 0 unspecified atom stereocenters. The zero-order chi connectivity index (χ0) is 10.0. The van der Waals surface area contributed by atoms with Crippen LogP contribution in [0.1, 0.15) is 48.2 Å². The van der Waals surface area contributed by atoms with Gasteiger partial charge < -0.3 is 9.52 Å². The van der Waals surface area contributed by atoms with Gasteiger partial charge in [0.1, 0.15) is 11.4 Å². The molecule has 14 heavy (non-hydrogen) atoms. The molecule has 0 amide bonds. The van der Waals surface area contributed by atoms with Gasteiger partial charge in [-0.3, -0.25) is 4.79 Å². The average molecular weight is 194 g/mol. The van der Waals surface area contributed by atoms with Crippen molar-refractivity contribution in [3.8, 4) is 0 Å². The number of carbonyl (C=O) groups excluding carboxylic acids is 1. The van der Waals surface area contributed by atoms with E-state index >= 15 is 0 Å². The van der Waals surface area contributed by atoms with Crippen LogP contribution in [-0.2, 0) is 5.60 Å². The molecule has 0 spiro atoms. The molecule has 1 fully saturated rings. The molecule has 1 N–H and O–H groups in total. The summed E-state index contributed by atoms with van der Waals surface area (Å²) in [7, 11) is 0. The molecule has 0 saturated heterocycles. The number of aliphatic hydroxyl groups is 1. The van der Waals surface area contributed by atoms with Crippen molar-refractivity contribution in [3.05, 3.63) is 23.7 Å². The van der Waals surface area contributed by atoms with E-state index in [1.807, 2.05) is 0 Å². The van der Waals surface area contributed by atoms with E-state index in [0.717, 1.165) is 25.5 Å². The highest BCUT2D eigenvalue weighted by Crippen LogP contribution is 2.38. The molecular formula is C11H14O3. The fourth-order valence-electron chi connectivity index (χ4n) is 2.15. The minimum atomic E-state index is -0.905. The van der Waals surface area contributed by atoms with Gasteiger partial charge in [-0.15, -0.1) is 0 Å². The molecule has 0 bridgehead atoms. The number of rotatable bonds is 2. The van der Waals surface area contributed by atoms with E-state index in [0.29, 0.717) is 24.2 Å². The van der Waals surface area contributed by atoms with E-state index in [-0.39, 0.29) is 0 Å². The first-order chi connectivity index (χ1) is 6.76. The first kappa shape index (κ1) is 9.46. The Hall–Kier alpha value is -1.09. The third kappa shape index (κ3) is 1.48. The smallest absolute Gasteiger partial charge is 0.153 e. The molecule has 1 aliphatic rings.